The van der Waals surface area contributed by atoms with E-state index >= 15 is 0 Å². The van der Waals surface area contributed by atoms with Crippen molar-refractivity contribution < 1.29 is 4.79 Å². The first-order chi connectivity index (χ1) is 15.2. The van der Waals surface area contributed by atoms with Crippen LogP contribution in [0.3, 0.4) is 0 Å². The lowest BCUT2D eigenvalue weighted by Gasteiger charge is -2.08. The number of hydrogen-bond donors (Lipinski definition) is 1. The number of carbonyl (C=O) groups is 1. The molecular weight excluding hydrogens is 392 g/mol. The van der Waals surface area contributed by atoms with Gasteiger partial charge in [0.25, 0.3) is 0 Å². The van der Waals surface area contributed by atoms with E-state index in [2.05, 4.69) is 30.4 Å². The van der Waals surface area contributed by atoms with Crippen LogP contribution in [-0.2, 0) is 18.4 Å². The first-order valence-corrected chi connectivity index (χ1v) is 9.63. The average molecular weight is 410 g/mol. The molecule has 0 aliphatic rings. The minimum Gasteiger partial charge on any atom is -0.338 e. The molecule has 0 spiro atoms. The van der Waals surface area contributed by atoms with E-state index in [1.54, 1.807) is 47.9 Å². The maximum Gasteiger partial charge on any atom is 0.245 e. The molecule has 0 aromatic carbocycles. The Kier molecular flexibility index (Phi) is 4.68. The van der Waals surface area contributed by atoms with E-state index in [1.807, 2.05) is 42.1 Å². The number of nitrogens with zero attached hydrogens (tertiary/aromatic N) is 7. The van der Waals surface area contributed by atoms with Crippen LogP contribution >= 0.6 is 0 Å². The van der Waals surface area contributed by atoms with E-state index in [0.29, 0.717) is 5.82 Å². The second kappa shape index (κ2) is 7.79. The van der Waals surface area contributed by atoms with Crippen molar-refractivity contribution in [2.24, 2.45) is 7.05 Å². The van der Waals surface area contributed by atoms with E-state index in [1.165, 1.54) is 0 Å². The van der Waals surface area contributed by atoms with Crippen LogP contribution in [0, 0.1) is 0 Å². The van der Waals surface area contributed by atoms with Crippen molar-refractivity contribution in [3.05, 3.63) is 73.7 Å². The van der Waals surface area contributed by atoms with Crippen LogP contribution in [0.1, 0.15) is 0 Å². The molecule has 1 amide bonds. The van der Waals surface area contributed by atoms with Gasteiger partial charge in [0.2, 0.25) is 5.91 Å². The first-order valence-electron chi connectivity index (χ1n) is 9.63. The highest BCUT2D eigenvalue weighted by Gasteiger charge is 2.13. The van der Waals surface area contributed by atoms with Gasteiger partial charge in [0, 0.05) is 55.2 Å². The van der Waals surface area contributed by atoms with E-state index in [9.17, 15) is 4.79 Å². The number of amides is 1. The number of anilines is 1. The molecule has 0 fully saturated rings. The lowest BCUT2D eigenvalue weighted by molar-refractivity contribution is -0.116. The quantitative estimate of drug-likeness (QED) is 0.478. The molecule has 0 radical (unpaired) electrons. The Bertz CT molecular complexity index is 1360. The van der Waals surface area contributed by atoms with E-state index < -0.39 is 0 Å². The molecule has 1 N–H and O–H groups in total. The molecule has 5 heterocycles. The zero-order valence-corrected chi connectivity index (χ0v) is 16.7. The summed E-state index contributed by atoms with van der Waals surface area (Å²) in [5.74, 6) is 0.308. The molecule has 152 valence electrons. The molecule has 31 heavy (non-hydrogen) atoms. The van der Waals surface area contributed by atoms with Crippen LogP contribution in [0.4, 0.5) is 5.82 Å². The molecule has 0 atom stereocenters. The van der Waals surface area contributed by atoms with Gasteiger partial charge in [-0.1, -0.05) is 0 Å². The van der Waals surface area contributed by atoms with Crippen molar-refractivity contribution >= 4 is 22.6 Å². The highest BCUT2D eigenvalue weighted by atomic mass is 16.2. The minimum atomic E-state index is -0.170. The molecule has 5 rings (SSSR count). The van der Waals surface area contributed by atoms with E-state index in [0.717, 1.165) is 33.5 Å². The molecule has 0 aliphatic carbocycles. The summed E-state index contributed by atoms with van der Waals surface area (Å²) >= 11 is 0. The van der Waals surface area contributed by atoms with Crippen molar-refractivity contribution in [2.75, 3.05) is 5.32 Å². The molecular formula is C22H18N8O. The third kappa shape index (κ3) is 3.64. The number of aryl methyl sites for hydroxylation is 1. The molecule has 5 aromatic heterocycles. The van der Waals surface area contributed by atoms with Crippen molar-refractivity contribution in [2.45, 2.75) is 6.54 Å². The Morgan fingerprint density at radius 3 is 2.65 bits per heavy atom. The van der Waals surface area contributed by atoms with Crippen LogP contribution < -0.4 is 5.32 Å². The fraction of sp³-hybridized carbons (Fsp3) is 0.0909. The second-order valence-electron chi connectivity index (χ2n) is 6.95. The highest BCUT2D eigenvalue weighted by Crippen LogP contribution is 2.26. The topological polar surface area (TPSA) is 103 Å². The molecule has 9 heteroatoms. The summed E-state index contributed by atoms with van der Waals surface area (Å²) in [5.41, 5.74) is 4.23. The van der Waals surface area contributed by atoms with Gasteiger partial charge in [-0.3, -0.25) is 24.4 Å². The number of pyridine rings is 2. The lowest BCUT2D eigenvalue weighted by Crippen LogP contribution is -2.18. The van der Waals surface area contributed by atoms with Crippen LogP contribution in [0.25, 0.3) is 33.5 Å². The van der Waals surface area contributed by atoms with Gasteiger partial charge in [-0.25, -0.2) is 4.98 Å². The van der Waals surface area contributed by atoms with Crippen molar-refractivity contribution in [1.29, 1.82) is 0 Å². The summed E-state index contributed by atoms with van der Waals surface area (Å²) < 4.78 is 3.67. The third-order valence-electron chi connectivity index (χ3n) is 4.97. The summed E-state index contributed by atoms with van der Waals surface area (Å²) in [6.45, 7) is 0.159. The van der Waals surface area contributed by atoms with E-state index in [4.69, 9.17) is 0 Å². The number of rotatable bonds is 5. The maximum atomic E-state index is 12.6. The Labute approximate surface area is 177 Å². The summed E-state index contributed by atoms with van der Waals surface area (Å²) in [5, 5.41) is 8.02. The summed E-state index contributed by atoms with van der Waals surface area (Å²) in [6.07, 6.45) is 11.9. The van der Waals surface area contributed by atoms with Crippen molar-refractivity contribution in [3.63, 3.8) is 0 Å². The van der Waals surface area contributed by atoms with Gasteiger partial charge >= 0.3 is 0 Å². The summed E-state index contributed by atoms with van der Waals surface area (Å²) in [4.78, 5) is 29.7. The van der Waals surface area contributed by atoms with Gasteiger partial charge in [-0.2, -0.15) is 5.10 Å². The van der Waals surface area contributed by atoms with Gasteiger partial charge < -0.3 is 9.88 Å². The summed E-state index contributed by atoms with van der Waals surface area (Å²) in [6, 6.07) is 9.38. The van der Waals surface area contributed by atoms with Crippen LogP contribution in [0.2, 0.25) is 0 Å². The molecule has 0 unspecified atom stereocenters. The predicted molar refractivity (Wildman–Crippen MR) is 116 cm³/mol. The highest BCUT2D eigenvalue weighted by molar-refractivity contribution is 5.95. The molecule has 0 bridgehead atoms. The number of carbonyl (C=O) groups excluding carboxylic acids is 1. The number of nitrogens with one attached hydrogen (secondary N) is 1. The molecule has 9 nitrogen and oxygen atoms in total. The largest absolute Gasteiger partial charge is 0.338 e. The number of hydrogen-bond acceptors (Lipinski definition) is 6. The van der Waals surface area contributed by atoms with Gasteiger partial charge in [0.15, 0.2) is 0 Å². The van der Waals surface area contributed by atoms with Crippen LogP contribution in [0.15, 0.2) is 73.7 Å². The second-order valence-corrected chi connectivity index (χ2v) is 6.95. The smallest absolute Gasteiger partial charge is 0.245 e. The monoisotopic (exact) mass is 410 g/mol. The standard InChI is InChI=1S/C22H18N8O/c1-29-19(5-8-27-29)22-16-6-11-30(18(16)4-7-25-22)14-21(31)28-20-3-2-15(12-26-20)17-13-23-9-10-24-17/h2-13H,14H2,1H3,(H,26,28,31). The molecule has 5 aromatic rings. The van der Waals surface area contributed by atoms with Crippen molar-refractivity contribution in [3.8, 4) is 22.6 Å². The Morgan fingerprint density at radius 2 is 1.90 bits per heavy atom. The Balaban J connectivity index is 1.33. The van der Waals surface area contributed by atoms with E-state index in [-0.39, 0.29) is 12.5 Å². The number of aromatic nitrogens is 7. The maximum absolute atomic E-state index is 12.6. The normalized spacial score (nSPS) is 11.0. The van der Waals surface area contributed by atoms with Gasteiger partial charge in [0.1, 0.15) is 12.4 Å². The Hall–Kier alpha value is -4.40. The zero-order valence-electron chi connectivity index (χ0n) is 16.7. The minimum absolute atomic E-state index is 0.159. The molecule has 0 aliphatic heterocycles. The SMILES string of the molecule is Cn1nccc1-c1nccc2c1ccn2CC(=O)Nc1ccc(-c2cnccn2)cn1. The lowest BCUT2D eigenvalue weighted by atomic mass is 10.2. The predicted octanol–water partition coefficient (Wildman–Crippen LogP) is 2.93. The van der Waals surface area contributed by atoms with Crippen LogP contribution in [-0.4, -0.2) is 40.2 Å². The molecule has 0 saturated carbocycles. The van der Waals surface area contributed by atoms with Gasteiger partial charge in [-0.15, -0.1) is 0 Å². The fourth-order valence-electron chi connectivity index (χ4n) is 3.48. The zero-order chi connectivity index (χ0) is 21.2. The number of fused-ring (bicyclic) bond motifs is 1. The Morgan fingerprint density at radius 1 is 0.968 bits per heavy atom. The third-order valence-corrected chi connectivity index (χ3v) is 4.97. The van der Waals surface area contributed by atoms with Crippen molar-refractivity contribution in [1.82, 2.24) is 34.3 Å². The van der Waals surface area contributed by atoms with Gasteiger partial charge in [0.05, 0.1) is 28.8 Å². The van der Waals surface area contributed by atoms with Gasteiger partial charge in [-0.05, 0) is 30.3 Å². The first kappa shape index (κ1) is 18.6. The molecule has 0 saturated heterocycles. The van der Waals surface area contributed by atoms with Crippen LogP contribution in [0.5, 0.6) is 0 Å². The summed E-state index contributed by atoms with van der Waals surface area (Å²) in [7, 11) is 1.88. The fourth-order valence-corrected chi connectivity index (χ4v) is 3.48. The average Bonchev–Trinajstić information content (AvgIpc) is 3.41.